The third-order valence-electron chi connectivity index (χ3n) is 15.6. The summed E-state index contributed by atoms with van der Waals surface area (Å²) in [6.45, 7) is 33.4. The van der Waals surface area contributed by atoms with Crippen molar-refractivity contribution in [2.75, 3.05) is 6.54 Å². The lowest BCUT2D eigenvalue weighted by molar-refractivity contribution is -0.225. The van der Waals surface area contributed by atoms with Crippen LogP contribution >= 0.6 is 0 Å². The van der Waals surface area contributed by atoms with Crippen molar-refractivity contribution in [3.05, 3.63) is 53.6 Å². The molecular weight excluding hydrogens is 558 g/mol. The Bertz CT molecular complexity index is 1330. The molecule has 0 spiro atoms. The number of hydrogen-bond donors (Lipinski definition) is 1. The van der Waals surface area contributed by atoms with Crippen LogP contribution in [0.15, 0.2) is 42.5 Å². The van der Waals surface area contributed by atoms with Gasteiger partial charge >= 0.3 is 0 Å². The fourth-order valence-electron chi connectivity index (χ4n) is 13.2. The van der Waals surface area contributed by atoms with Crippen molar-refractivity contribution in [2.45, 2.75) is 152 Å². The van der Waals surface area contributed by atoms with E-state index in [-0.39, 0.29) is 11.0 Å². The van der Waals surface area contributed by atoms with E-state index in [0.717, 1.165) is 23.7 Å². The Morgan fingerprint density at radius 2 is 1.59 bits per heavy atom. The largest absolute Gasteiger partial charge is 0.371 e. The summed E-state index contributed by atoms with van der Waals surface area (Å²) in [5, 5.41) is 3.95. The molecule has 5 aliphatic carbocycles. The van der Waals surface area contributed by atoms with Gasteiger partial charge in [-0.2, -0.15) is 0 Å². The molecule has 1 N–H and O–H groups in total. The van der Waals surface area contributed by atoms with Gasteiger partial charge in [0.05, 0.1) is 12.2 Å². The molecule has 6 rings (SSSR count). The average molecular weight is 628 g/mol. The van der Waals surface area contributed by atoms with Crippen LogP contribution in [0.2, 0.25) is 0 Å². The van der Waals surface area contributed by atoms with Gasteiger partial charge in [-0.05, 0) is 159 Å². The highest BCUT2D eigenvalue weighted by molar-refractivity contribution is 5.71. The van der Waals surface area contributed by atoms with Crippen LogP contribution in [0.3, 0.4) is 0 Å². The average Bonchev–Trinajstić information content (AvgIpc) is 3.35. The molecule has 9 atom stereocenters. The lowest BCUT2D eigenvalue weighted by Crippen LogP contribution is -2.66. The highest BCUT2D eigenvalue weighted by Crippen LogP contribution is 2.77. The van der Waals surface area contributed by atoms with Crippen molar-refractivity contribution in [3.63, 3.8) is 0 Å². The minimum absolute atomic E-state index is 0.113. The molecule has 1 aromatic rings. The Morgan fingerprint density at radius 3 is 2.22 bits per heavy atom. The smallest absolute Gasteiger partial charge is 0.0724 e. The van der Waals surface area contributed by atoms with Crippen LogP contribution in [-0.4, -0.2) is 18.2 Å². The molecule has 2 nitrogen and oxygen atoms in total. The second kappa shape index (κ2) is 11.6. The molecule has 0 aliphatic heterocycles. The van der Waals surface area contributed by atoms with Crippen LogP contribution in [0, 0.1) is 56.7 Å². The van der Waals surface area contributed by atoms with Gasteiger partial charge in [-0.15, -0.1) is 0 Å². The van der Waals surface area contributed by atoms with Crippen LogP contribution in [0.5, 0.6) is 0 Å². The molecule has 9 unspecified atom stereocenters. The van der Waals surface area contributed by atoms with E-state index >= 15 is 0 Å². The molecule has 0 radical (unpaired) electrons. The van der Waals surface area contributed by atoms with Crippen LogP contribution < -0.4 is 5.32 Å². The molecule has 0 aromatic heterocycles. The zero-order valence-corrected chi connectivity index (χ0v) is 31.7. The standard InChI is InChI=1S/C44H69NO/c1-29(2)33-19-24-44(28-45-30(3)4)26-25-42(11)35(38(33)44)17-18-37-41(10)22-20-34(40(8,9)36(41)21-23-43(37,42)12)32-15-13-31(14-16-32)27-46-39(5,6)7/h13-16,20,30,33,35-38,45H,1,17-19,21-28H2,2-12H3. The predicted molar refractivity (Wildman–Crippen MR) is 196 cm³/mol. The highest BCUT2D eigenvalue weighted by Gasteiger charge is 2.70. The topological polar surface area (TPSA) is 21.3 Å². The quantitative estimate of drug-likeness (QED) is 0.304. The number of hydrogen-bond acceptors (Lipinski definition) is 2. The van der Waals surface area contributed by atoms with Crippen molar-refractivity contribution >= 4 is 5.57 Å². The first kappa shape index (κ1) is 34.5. The van der Waals surface area contributed by atoms with E-state index in [1.807, 2.05) is 0 Å². The normalized spacial score (nSPS) is 41.7. The Kier molecular flexibility index (Phi) is 8.70. The lowest BCUT2D eigenvalue weighted by atomic mass is 9.32. The molecule has 46 heavy (non-hydrogen) atoms. The minimum Gasteiger partial charge on any atom is -0.371 e. The Labute approximate surface area is 284 Å². The van der Waals surface area contributed by atoms with Gasteiger partial charge in [-0.3, -0.25) is 0 Å². The summed E-state index contributed by atoms with van der Waals surface area (Å²) in [4.78, 5) is 0. The van der Waals surface area contributed by atoms with E-state index in [4.69, 9.17) is 4.74 Å². The van der Waals surface area contributed by atoms with Gasteiger partial charge in [0.1, 0.15) is 0 Å². The summed E-state index contributed by atoms with van der Waals surface area (Å²) in [6, 6.07) is 9.90. The monoisotopic (exact) mass is 628 g/mol. The second-order valence-electron chi connectivity index (χ2n) is 19.7. The molecule has 0 heterocycles. The van der Waals surface area contributed by atoms with E-state index in [0.29, 0.717) is 40.2 Å². The second-order valence-corrected chi connectivity index (χ2v) is 19.7. The summed E-state index contributed by atoms with van der Waals surface area (Å²) < 4.78 is 6.08. The van der Waals surface area contributed by atoms with Crippen LogP contribution in [-0.2, 0) is 11.3 Å². The first-order valence-electron chi connectivity index (χ1n) is 19.2. The Balaban J connectivity index is 1.29. The molecule has 5 aliphatic rings. The van der Waals surface area contributed by atoms with Crippen LogP contribution in [0.25, 0.3) is 5.57 Å². The van der Waals surface area contributed by atoms with E-state index in [1.54, 1.807) is 5.57 Å². The van der Waals surface area contributed by atoms with Gasteiger partial charge in [-0.1, -0.05) is 91.0 Å². The zero-order valence-electron chi connectivity index (χ0n) is 31.7. The van der Waals surface area contributed by atoms with Crippen molar-refractivity contribution in [1.82, 2.24) is 5.32 Å². The van der Waals surface area contributed by atoms with Gasteiger partial charge in [0.2, 0.25) is 0 Å². The third-order valence-corrected chi connectivity index (χ3v) is 15.6. The number of benzene rings is 1. The van der Waals surface area contributed by atoms with E-state index < -0.39 is 0 Å². The van der Waals surface area contributed by atoms with E-state index in [2.05, 4.69) is 118 Å². The maximum Gasteiger partial charge on any atom is 0.0724 e. The number of nitrogens with one attached hydrogen (secondary N) is 1. The summed E-state index contributed by atoms with van der Waals surface area (Å²) >= 11 is 0. The molecule has 4 saturated carbocycles. The molecule has 0 bridgehead atoms. The van der Waals surface area contributed by atoms with Crippen LogP contribution in [0.1, 0.15) is 145 Å². The molecule has 256 valence electrons. The predicted octanol–water partition coefficient (Wildman–Crippen LogP) is 11.7. The highest BCUT2D eigenvalue weighted by atomic mass is 16.5. The van der Waals surface area contributed by atoms with E-state index in [9.17, 15) is 0 Å². The molecular formula is C44H69NO. The van der Waals surface area contributed by atoms with Crippen LogP contribution in [0.4, 0.5) is 0 Å². The number of allylic oxidation sites excluding steroid dienone is 3. The summed E-state index contributed by atoms with van der Waals surface area (Å²) in [5.74, 6) is 3.83. The maximum absolute atomic E-state index is 6.08. The van der Waals surface area contributed by atoms with E-state index in [1.165, 1.54) is 81.0 Å². The van der Waals surface area contributed by atoms with Crippen molar-refractivity contribution in [1.29, 1.82) is 0 Å². The summed E-state index contributed by atoms with van der Waals surface area (Å²) in [7, 11) is 0. The molecule has 1 aromatic carbocycles. The fourth-order valence-corrected chi connectivity index (χ4v) is 13.2. The number of fused-ring (bicyclic) bond motifs is 7. The SMILES string of the molecule is C=C(C)C1CCC2(CNC(C)C)CCC3(C)C(CCC4C5(C)CC=C(c6ccc(COC(C)(C)C)cc6)C(C)(C)C5CCC43C)C12. The summed E-state index contributed by atoms with van der Waals surface area (Å²) in [5.41, 5.74) is 7.40. The molecule has 0 saturated heterocycles. The van der Waals surface area contributed by atoms with Crippen molar-refractivity contribution < 1.29 is 4.74 Å². The van der Waals surface area contributed by atoms with Gasteiger partial charge in [0.25, 0.3) is 0 Å². The van der Waals surface area contributed by atoms with Gasteiger partial charge in [0, 0.05) is 12.6 Å². The van der Waals surface area contributed by atoms with Crippen molar-refractivity contribution in [2.24, 2.45) is 56.7 Å². The molecule has 2 heteroatoms. The molecule has 4 fully saturated rings. The Hall–Kier alpha value is -1.38. The molecule has 0 amide bonds. The van der Waals surface area contributed by atoms with Gasteiger partial charge < -0.3 is 10.1 Å². The minimum atomic E-state index is -0.113. The van der Waals surface area contributed by atoms with Crippen molar-refractivity contribution in [3.8, 4) is 0 Å². The number of ether oxygens (including phenoxy) is 1. The Morgan fingerprint density at radius 1 is 0.891 bits per heavy atom. The number of rotatable bonds is 7. The van der Waals surface area contributed by atoms with Gasteiger partial charge in [0.15, 0.2) is 0 Å². The fraction of sp³-hybridized carbons (Fsp3) is 0.773. The van der Waals surface area contributed by atoms with Gasteiger partial charge in [-0.25, -0.2) is 0 Å². The maximum atomic E-state index is 6.08. The zero-order chi connectivity index (χ0) is 33.5. The lowest BCUT2D eigenvalue weighted by Gasteiger charge is -2.72. The summed E-state index contributed by atoms with van der Waals surface area (Å²) in [6.07, 6.45) is 15.1. The first-order chi connectivity index (χ1) is 21.4. The first-order valence-corrected chi connectivity index (χ1v) is 19.2. The third kappa shape index (κ3) is 5.34.